The van der Waals surface area contributed by atoms with Gasteiger partial charge in [0.25, 0.3) is 0 Å². The van der Waals surface area contributed by atoms with Gasteiger partial charge in [-0.1, -0.05) is 13.8 Å². The number of fused-ring (bicyclic) bond motifs is 1. The Balaban J connectivity index is 2.00. The molecule has 0 saturated heterocycles. The molecular weight excluding hydrogens is 266 g/mol. The Labute approximate surface area is 127 Å². The Morgan fingerprint density at radius 2 is 2.24 bits per heavy atom. The van der Waals surface area contributed by atoms with Crippen LogP contribution in [0.2, 0.25) is 0 Å². The van der Waals surface area contributed by atoms with E-state index in [0.29, 0.717) is 19.1 Å². The summed E-state index contributed by atoms with van der Waals surface area (Å²) in [7, 11) is 1.69. The molecular formula is C17H25NO3. The highest BCUT2D eigenvalue weighted by molar-refractivity contribution is 5.98. The third-order valence-electron chi connectivity index (χ3n) is 3.61. The molecule has 4 heteroatoms. The molecule has 0 aromatic heterocycles. The lowest BCUT2D eigenvalue weighted by Gasteiger charge is -2.23. The number of Topliss-reactive ketones (excluding diaryl/α,β-unsaturated/α-hetero) is 1. The van der Waals surface area contributed by atoms with Crippen molar-refractivity contribution in [2.45, 2.75) is 20.3 Å². The Hall–Kier alpha value is -1.39. The van der Waals surface area contributed by atoms with E-state index in [1.165, 1.54) is 0 Å². The molecule has 1 aliphatic rings. The van der Waals surface area contributed by atoms with E-state index >= 15 is 0 Å². The summed E-state index contributed by atoms with van der Waals surface area (Å²) in [5.41, 5.74) is 1.93. The molecule has 116 valence electrons. The van der Waals surface area contributed by atoms with Crippen molar-refractivity contribution < 1.29 is 14.3 Å². The van der Waals surface area contributed by atoms with Crippen molar-refractivity contribution in [2.75, 3.05) is 40.0 Å². The van der Waals surface area contributed by atoms with E-state index in [2.05, 4.69) is 18.7 Å². The molecule has 4 nitrogen and oxygen atoms in total. The average molecular weight is 291 g/mol. The minimum atomic E-state index is 0.168. The lowest BCUT2D eigenvalue weighted by atomic mass is 10.0. The van der Waals surface area contributed by atoms with E-state index in [9.17, 15) is 4.79 Å². The molecule has 0 unspecified atom stereocenters. The number of rotatable bonds is 8. The number of hydrogen-bond donors (Lipinski definition) is 0. The molecule has 1 aromatic carbocycles. The Morgan fingerprint density at radius 3 is 2.95 bits per heavy atom. The average Bonchev–Trinajstić information content (AvgIpc) is 2.91. The number of benzene rings is 1. The van der Waals surface area contributed by atoms with Crippen LogP contribution in [0.3, 0.4) is 0 Å². The molecule has 0 radical (unpaired) electrons. The van der Waals surface area contributed by atoms with Crippen LogP contribution in [0.25, 0.3) is 0 Å². The number of carbonyl (C=O) groups excluding carboxylic acids is 1. The minimum Gasteiger partial charge on any atom is -0.493 e. The van der Waals surface area contributed by atoms with Crippen LogP contribution in [-0.2, 0) is 11.2 Å². The van der Waals surface area contributed by atoms with Crippen molar-refractivity contribution in [1.29, 1.82) is 0 Å². The van der Waals surface area contributed by atoms with Gasteiger partial charge in [-0.15, -0.1) is 0 Å². The fourth-order valence-electron chi connectivity index (χ4n) is 2.63. The number of ketones is 1. The van der Waals surface area contributed by atoms with Gasteiger partial charge in [-0.2, -0.15) is 0 Å². The number of hydrogen-bond acceptors (Lipinski definition) is 4. The zero-order chi connectivity index (χ0) is 15.2. The van der Waals surface area contributed by atoms with Gasteiger partial charge in [-0.3, -0.25) is 9.69 Å². The summed E-state index contributed by atoms with van der Waals surface area (Å²) < 4.78 is 10.6. The molecule has 0 bridgehead atoms. The van der Waals surface area contributed by atoms with E-state index in [1.54, 1.807) is 7.11 Å². The molecule has 0 saturated carbocycles. The van der Waals surface area contributed by atoms with Gasteiger partial charge < -0.3 is 9.47 Å². The van der Waals surface area contributed by atoms with Gasteiger partial charge >= 0.3 is 0 Å². The number of carbonyl (C=O) groups is 1. The Morgan fingerprint density at radius 1 is 1.43 bits per heavy atom. The second kappa shape index (κ2) is 7.57. The van der Waals surface area contributed by atoms with Crippen LogP contribution < -0.4 is 4.74 Å². The summed E-state index contributed by atoms with van der Waals surface area (Å²) in [6, 6.07) is 5.77. The summed E-state index contributed by atoms with van der Waals surface area (Å²) >= 11 is 0. The first-order chi connectivity index (χ1) is 10.1. The zero-order valence-electron chi connectivity index (χ0n) is 13.2. The number of nitrogens with zero attached hydrogens (tertiary/aromatic N) is 1. The van der Waals surface area contributed by atoms with Crippen LogP contribution >= 0.6 is 0 Å². The minimum absolute atomic E-state index is 0.168. The summed E-state index contributed by atoms with van der Waals surface area (Å²) in [5.74, 6) is 1.62. The summed E-state index contributed by atoms with van der Waals surface area (Å²) in [6.07, 6.45) is 0.899. The molecule has 0 aliphatic carbocycles. The quantitative estimate of drug-likeness (QED) is 0.690. The Bertz CT molecular complexity index is 485. The molecule has 1 aliphatic heterocycles. The molecule has 2 rings (SSSR count). The van der Waals surface area contributed by atoms with Crippen LogP contribution in [-0.4, -0.2) is 50.6 Å². The summed E-state index contributed by atoms with van der Waals surface area (Å²) in [5, 5.41) is 0. The van der Waals surface area contributed by atoms with Gasteiger partial charge in [0.15, 0.2) is 5.78 Å². The van der Waals surface area contributed by atoms with Gasteiger partial charge in [0, 0.05) is 32.2 Å². The second-order valence-corrected chi connectivity index (χ2v) is 5.97. The van der Waals surface area contributed by atoms with Crippen molar-refractivity contribution in [3.63, 3.8) is 0 Å². The van der Waals surface area contributed by atoms with Gasteiger partial charge in [0.05, 0.1) is 19.8 Å². The molecule has 0 spiro atoms. The van der Waals surface area contributed by atoms with Crippen molar-refractivity contribution in [3.05, 3.63) is 29.3 Å². The lowest BCUT2D eigenvalue weighted by Crippen LogP contribution is -2.35. The fourth-order valence-corrected chi connectivity index (χ4v) is 2.63. The van der Waals surface area contributed by atoms with E-state index in [-0.39, 0.29) is 5.78 Å². The van der Waals surface area contributed by atoms with Crippen LogP contribution in [0.5, 0.6) is 5.75 Å². The van der Waals surface area contributed by atoms with Crippen LogP contribution in [0.4, 0.5) is 0 Å². The highest BCUT2D eigenvalue weighted by atomic mass is 16.5. The molecule has 0 N–H and O–H groups in total. The van der Waals surface area contributed by atoms with E-state index in [1.807, 2.05) is 18.2 Å². The first kappa shape index (κ1) is 16.0. The van der Waals surface area contributed by atoms with Crippen molar-refractivity contribution in [1.82, 2.24) is 4.90 Å². The normalized spacial score (nSPS) is 13.6. The maximum atomic E-state index is 12.5. The standard InChI is InChI=1S/C17H25NO3/c1-13(2)11-18(7-9-20-3)12-16(19)14-4-5-17-15(10-14)6-8-21-17/h4-5,10,13H,6-9,11-12H2,1-3H3. The smallest absolute Gasteiger partial charge is 0.176 e. The zero-order valence-corrected chi connectivity index (χ0v) is 13.2. The van der Waals surface area contributed by atoms with Crippen molar-refractivity contribution >= 4 is 5.78 Å². The highest BCUT2D eigenvalue weighted by Gasteiger charge is 2.17. The molecule has 21 heavy (non-hydrogen) atoms. The van der Waals surface area contributed by atoms with E-state index < -0.39 is 0 Å². The van der Waals surface area contributed by atoms with Crippen molar-refractivity contribution in [2.24, 2.45) is 5.92 Å². The molecule has 1 aromatic rings. The van der Waals surface area contributed by atoms with Gasteiger partial charge in [-0.25, -0.2) is 0 Å². The number of methoxy groups -OCH3 is 1. The third-order valence-corrected chi connectivity index (χ3v) is 3.61. The maximum absolute atomic E-state index is 12.5. The van der Waals surface area contributed by atoms with Crippen molar-refractivity contribution in [3.8, 4) is 5.75 Å². The fraction of sp³-hybridized carbons (Fsp3) is 0.588. The van der Waals surface area contributed by atoms with Crippen LogP contribution in [0, 0.1) is 5.92 Å². The first-order valence-electron chi connectivity index (χ1n) is 7.60. The van der Waals surface area contributed by atoms with E-state index in [4.69, 9.17) is 9.47 Å². The van der Waals surface area contributed by atoms with E-state index in [0.717, 1.165) is 43.0 Å². The van der Waals surface area contributed by atoms with Gasteiger partial charge in [-0.05, 0) is 29.7 Å². The first-order valence-corrected chi connectivity index (χ1v) is 7.60. The molecule has 0 fully saturated rings. The Kier molecular flexibility index (Phi) is 5.76. The summed E-state index contributed by atoms with van der Waals surface area (Å²) in [4.78, 5) is 14.6. The highest BCUT2D eigenvalue weighted by Crippen LogP contribution is 2.26. The SMILES string of the molecule is COCCN(CC(=O)c1ccc2c(c1)CCO2)CC(C)C. The topological polar surface area (TPSA) is 38.8 Å². The predicted octanol–water partition coefficient (Wildman–Crippen LogP) is 2.41. The largest absolute Gasteiger partial charge is 0.493 e. The monoisotopic (exact) mass is 291 g/mol. The van der Waals surface area contributed by atoms with Crippen LogP contribution in [0.15, 0.2) is 18.2 Å². The molecule has 1 heterocycles. The molecule has 0 amide bonds. The third kappa shape index (κ3) is 4.55. The molecule has 0 atom stereocenters. The van der Waals surface area contributed by atoms with Crippen LogP contribution in [0.1, 0.15) is 29.8 Å². The summed E-state index contributed by atoms with van der Waals surface area (Å²) in [6.45, 7) is 7.84. The predicted molar refractivity (Wildman–Crippen MR) is 83.1 cm³/mol. The maximum Gasteiger partial charge on any atom is 0.176 e. The van der Waals surface area contributed by atoms with Gasteiger partial charge in [0.2, 0.25) is 0 Å². The second-order valence-electron chi connectivity index (χ2n) is 5.97. The number of ether oxygens (including phenoxy) is 2. The lowest BCUT2D eigenvalue weighted by molar-refractivity contribution is 0.0881. The van der Waals surface area contributed by atoms with Gasteiger partial charge in [0.1, 0.15) is 5.75 Å².